The van der Waals surface area contributed by atoms with E-state index < -0.39 is 13.4 Å². The van der Waals surface area contributed by atoms with Gasteiger partial charge in [0.25, 0.3) is 0 Å². The third-order valence-corrected chi connectivity index (χ3v) is 1.93. The molecule has 0 amide bonds. The Hall–Kier alpha value is 0.511. The molecule has 1 nitrogen and oxygen atoms in total. The van der Waals surface area contributed by atoms with E-state index in [4.69, 9.17) is 0 Å². The van der Waals surface area contributed by atoms with E-state index in [-0.39, 0.29) is 51.4 Å². The summed E-state index contributed by atoms with van der Waals surface area (Å²) in [6.45, 7) is -2.67. The first-order valence-corrected chi connectivity index (χ1v) is 4.54. The van der Waals surface area contributed by atoms with Crippen molar-refractivity contribution < 1.29 is 64.3 Å². The third kappa shape index (κ3) is 5.97. The van der Waals surface area contributed by atoms with Crippen molar-refractivity contribution in [1.82, 2.24) is 0 Å². The molecule has 0 N–H and O–H groups in total. The molecule has 0 bridgehead atoms. The predicted molar refractivity (Wildman–Crippen MR) is 53.4 cm³/mol. The summed E-state index contributed by atoms with van der Waals surface area (Å²) in [6.07, 6.45) is -0.833. The summed E-state index contributed by atoms with van der Waals surface area (Å²) in [5.74, 6) is 0. The quantitative estimate of drug-likeness (QED) is 0.665. The normalized spacial score (nSPS) is 10.7. The van der Waals surface area contributed by atoms with Gasteiger partial charge in [-0.3, -0.25) is 0 Å². The Morgan fingerprint density at radius 1 is 1.13 bits per heavy atom. The Morgan fingerprint density at radius 2 is 1.67 bits per heavy atom. The maximum atomic E-state index is 12.2. The number of nitrogens with zero attached hydrogens (tertiary/aromatic N) is 1. The molecule has 0 saturated carbocycles. The molecule has 1 rings (SSSR count). The molecule has 0 aliphatic rings. The summed E-state index contributed by atoms with van der Waals surface area (Å²) in [5.41, 5.74) is 0.620. The average Bonchev–Trinajstić information content (AvgIpc) is 2.14. The fourth-order valence-corrected chi connectivity index (χ4v) is 1.31. The molecule has 0 aromatic heterocycles. The van der Waals surface area contributed by atoms with E-state index in [0.717, 1.165) is 0 Å². The minimum Gasteiger partial charge on any atom is -0.448 e. The molecular weight excluding hydrogens is 229 g/mol. The number of anilines is 1. The molecule has 15 heavy (non-hydrogen) atoms. The minimum atomic E-state index is -4.75. The summed E-state index contributed by atoms with van der Waals surface area (Å²) < 4.78 is 36.6. The molecule has 1 aromatic rings. The average molecular weight is 241 g/mol. The fourth-order valence-electron chi connectivity index (χ4n) is 1.31. The molecule has 0 aliphatic heterocycles. The van der Waals surface area contributed by atoms with Gasteiger partial charge in [-0.1, -0.05) is 18.2 Å². The molecule has 0 saturated heterocycles. The Morgan fingerprint density at radius 3 is 2.07 bits per heavy atom. The van der Waals surface area contributed by atoms with Crippen molar-refractivity contribution in [1.29, 1.82) is 0 Å². The summed E-state index contributed by atoms with van der Waals surface area (Å²) in [7, 11) is 0. The Labute approximate surface area is 131 Å². The molecule has 0 spiro atoms. The van der Waals surface area contributed by atoms with Gasteiger partial charge in [-0.25, -0.2) is 0 Å². The topological polar surface area (TPSA) is 3.24 Å². The molecule has 0 unspecified atom stereocenters. The Kier molecular flexibility index (Phi) is 7.20. The molecular formula is C9H12BF3KN. The molecule has 78 valence electrons. The van der Waals surface area contributed by atoms with Gasteiger partial charge in [-0.15, -0.1) is 0 Å². The smallest absolute Gasteiger partial charge is 0.448 e. The van der Waals surface area contributed by atoms with Gasteiger partial charge in [-0.2, -0.15) is 0 Å². The van der Waals surface area contributed by atoms with Crippen molar-refractivity contribution in [3.8, 4) is 0 Å². The largest absolute Gasteiger partial charge is 1.00 e. The SMILES string of the molecule is CCN(C[B-](F)(F)F)c1ccccc1.[K+]. The van der Waals surface area contributed by atoms with Crippen LogP contribution < -0.4 is 56.3 Å². The zero-order chi connectivity index (χ0) is 10.6. The van der Waals surface area contributed by atoms with Gasteiger partial charge in [0, 0.05) is 12.2 Å². The van der Waals surface area contributed by atoms with E-state index in [9.17, 15) is 12.9 Å². The van der Waals surface area contributed by atoms with Gasteiger partial charge in [-0.05, 0) is 25.5 Å². The van der Waals surface area contributed by atoms with Crippen molar-refractivity contribution in [2.75, 3.05) is 17.9 Å². The van der Waals surface area contributed by atoms with Crippen molar-refractivity contribution in [2.45, 2.75) is 6.92 Å². The summed E-state index contributed by atoms with van der Waals surface area (Å²) in [6, 6.07) is 8.63. The first kappa shape index (κ1) is 15.5. The van der Waals surface area contributed by atoms with Gasteiger partial charge in [0.05, 0.1) is 0 Å². The zero-order valence-electron chi connectivity index (χ0n) is 8.96. The molecule has 0 fully saturated rings. The van der Waals surface area contributed by atoms with Gasteiger partial charge in [0.2, 0.25) is 0 Å². The van der Waals surface area contributed by atoms with E-state index in [0.29, 0.717) is 12.2 Å². The second-order valence-electron chi connectivity index (χ2n) is 3.08. The number of rotatable bonds is 4. The first-order chi connectivity index (χ1) is 6.53. The maximum Gasteiger partial charge on any atom is 1.00 e. The van der Waals surface area contributed by atoms with Gasteiger partial charge < -0.3 is 17.8 Å². The Bertz CT molecular complexity index is 278. The van der Waals surface area contributed by atoms with E-state index in [1.807, 2.05) is 0 Å². The predicted octanol–water partition coefficient (Wildman–Crippen LogP) is -0.0965. The molecule has 0 heterocycles. The third-order valence-electron chi connectivity index (χ3n) is 1.93. The number of hydrogen-bond donors (Lipinski definition) is 0. The Balaban J connectivity index is 0.00000196. The van der Waals surface area contributed by atoms with Crippen LogP contribution in [0.5, 0.6) is 0 Å². The van der Waals surface area contributed by atoms with Crippen LogP contribution in [0.3, 0.4) is 0 Å². The molecule has 6 heteroatoms. The zero-order valence-corrected chi connectivity index (χ0v) is 12.1. The second-order valence-corrected chi connectivity index (χ2v) is 3.08. The standard InChI is InChI=1S/C9H12BF3N.K/c1-2-14(8-10(11,12)13)9-6-4-3-5-7-9;/h3-7H,2,8H2,1H3;/q-1;+1. The van der Waals surface area contributed by atoms with Crippen LogP contribution in [0.4, 0.5) is 18.6 Å². The van der Waals surface area contributed by atoms with Crippen LogP contribution in [0.25, 0.3) is 0 Å². The van der Waals surface area contributed by atoms with Gasteiger partial charge in [0.1, 0.15) is 0 Å². The van der Waals surface area contributed by atoms with Crippen LogP contribution in [-0.4, -0.2) is 20.0 Å². The second kappa shape index (κ2) is 6.96. The summed E-state index contributed by atoms with van der Waals surface area (Å²) in [5, 5.41) is 0. The monoisotopic (exact) mass is 241 g/mol. The van der Waals surface area contributed by atoms with E-state index >= 15 is 0 Å². The number of hydrogen-bond acceptors (Lipinski definition) is 1. The first-order valence-electron chi connectivity index (χ1n) is 4.54. The van der Waals surface area contributed by atoms with Crippen molar-refractivity contribution in [3.05, 3.63) is 30.3 Å². The van der Waals surface area contributed by atoms with Crippen LogP contribution in [0.2, 0.25) is 0 Å². The van der Waals surface area contributed by atoms with E-state index in [1.165, 1.54) is 4.90 Å². The van der Waals surface area contributed by atoms with Crippen molar-refractivity contribution in [2.24, 2.45) is 0 Å². The maximum absolute atomic E-state index is 12.2. The molecule has 0 radical (unpaired) electrons. The summed E-state index contributed by atoms with van der Waals surface area (Å²) >= 11 is 0. The van der Waals surface area contributed by atoms with E-state index in [1.54, 1.807) is 37.3 Å². The molecule has 0 atom stereocenters. The van der Waals surface area contributed by atoms with E-state index in [2.05, 4.69) is 0 Å². The van der Waals surface area contributed by atoms with Crippen molar-refractivity contribution in [3.63, 3.8) is 0 Å². The molecule has 1 aromatic carbocycles. The van der Waals surface area contributed by atoms with Crippen LogP contribution in [0, 0.1) is 0 Å². The van der Waals surface area contributed by atoms with Crippen LogP contribution in [-0.2, 0) is 0 Å². The van der Waals surface area contributed by atoms with Gasteiger partial charge in [0.15, 0.2) is 0 Å². The molecule has 0 aliphatic carbocycles. The number of para-hydroxylation sites is 1. The summed E-state index contributed by atoms with van der Waals surface area (Å²) in [4.78, 5) is 1.32. The van der Waals surface area contributed by atoms with Crippen molar-refractivity contribution >= 4 is 12.7 Å². The van der Waals surface area contributed by atoms with Crippen LogP contribution >= 0.6 is 0 Å². The fraction of sp³-hybridized carbons (Fsp3) is 0.333. The van der Waals surface area contributed by atoms with Crippen LogP contribution in [0.15, 0.2) is 30.3 Å². The number of benzene rings is 1. The van der Waals surface area contributed by atoms with Gasteiger partial charge >= 0.3 is 58.4 Å². The van der Waals surface area contributed by atoms with Crippen LogP contribution in [0.1, 0.15) is 6.92 Å². The minimum absolute atomic E-state index is 0. The number of halogens is 3.